The summed E-state index contributed by atoms with van der Waals surface area (Å²) in [6.45, 7) is 5.47. The van der Waals surface area contributed by atoms with Gasteiger partial charge in [-0.3, -0.25) is 0 Å². The van der Waals surface area contributed by atoms with Crippen LogP contribution >= 0.6 is 0 Å². The fraction of sp³-hybridized carbons (Fsp3) is 0.312. The lowest BCUT2D eigenvalue weighted by Crippen LogP contribution is -2.46. The molecule has 3 unspecified atom stereocenters. The quantitative estimate of drug-likeness (QED) is 0.265. The smallest absolute Gasteiger partial charge is 0.407 e. The number of rotatable bonds is 10. The van der Waals surface area contributed by atoms with Gasteiger partial charge in [0.05, 0.1) is 6.10 Å². The van der Waals surface area contributed by atoms with Crippen LogP contribution in [0.2, 0.25) is 0 Å². The number of aliphatic carboxylic acids is 1. The molecule has 0 aliphatic carbocycles. The average molecular weight is 533 g/mol. The SMILES string of the molecule is CC(C)(C)OC(=O)NC(Cc1ccccc1)CC(O)C(N)Cc1ccccc1.O=C(O)/C=C/c1ccccc1. The third-order valence-corrected chi connectivity index (χ3v) is 5.60. The van der Waals surface area contributed by atoms with E-state index < -0.39 is 29.8 Å². The van der Waals surface area contributed by atoms with Crippen LogP contribution in [0.4, 0.5) is 4.79 Å². The fourth-order valence-corrected chi connectivity index (χ4v) is 3.79. The number of carboxylic acid groups (broad SMARTS) is 1. The molecule has 0 aliphatic rings. The molecule has 5 N–H and O–H groups in total. The first-order valence-electron chi connectivity index (χ1n) is 13.0. The standard InChI is InChI=1S/C23H32N2O3.C9H8O2/c1-23(2,3)28-22(27)25-19(14-17-10-6-4-7-11-17)16-21(26)20(24)15-18-12-8-5-9-13-18;10-9(11)7-6-8-4-2-1-3-5-8/h4-13,19-21,26H,14-16,24H2,1-3H3,(H,25,27);1-7H,(H,10,11)/b;7-6+. The number of nitrogens with one attached hydrogen (secondary N) is 1. The summed E-state index contributed by atoms with van der Waals surface area (Å²) in [7, 11) is 0. The number of alkyl carbamates (subject to hydrolysis) is 1. The summed E-state index contributed by atoms with van der Waals surface area (Å²) < 4.78 is 5.38. The highest BCUT2D eigenvalue weighted by atomic mass is 16.6. The van der Waals surface area contributed by atoms with Gasteiger partial charge in [0.1, 0.15) is 5.60 Å². The second-order valence-corrected chi connectivity index (χ2v) is 10.3. The second-order valence-electron chi connectivity index (χ2n) is 10.3. The number of benzene rings is 3. The largest absolute Gasteiger partial charge is 0.478 e. The van der Waals surface area contributed by atoms with Crippen molar-refractivity contribution in [2.75, 3.05) is 0 Å². The van der Waals surface area contributed by atoms with Crippen LogP contribution in [0, 0.1) is 0 Å². The van der Waals surface area contributed by atoms with E-state index in [0.717, 1.165) is 22.8 Å². The highest BCUT2D eigenvalue weighted by Gasteiger charge is 2.24. The van der Waals surface area contributed by atoms with Crippen LogP contribution in [-0.2, 0) is 22.4 Å². The number of aliphatic hydroxyl groups is 1. The Morgan fingerprint density at radius 1 is 0.872 bits per heavy atom. The van der Waals surface area contributed by atoms with E-state index in [1.54, 1.807) is 6.08 Å². The van der Waals surface area contributed by atoms with Crippen molar-refractivity contribution in [2.45, 2.75) is 63.8 Å². The van der Waals surface area contributed by atoms with E-state index in [2.05, 4.69) is 5.32 Å². The van der Waals surface area contributed by atoms with Crippen LogP contribution in [0.15, 0.2) is 97.1 Å². The molecule has 0 radical (unpaired) electrons. The summed E-state index contributed by atoms with van der Waals surface area (Å²) in [6.07, 6.45) is 2.96. The van der Waals surface area contributed by atoms with Crippen molar-refractivity contribution < 1.29 is 24.5 Å². The van der Waals surface area contributed by atoms with E-state index in [9.17, 15) is 14.7 Å². The van der Waals surface area contributed by atoms with Gasteiger partial charge in [-0.05, 0) is 62.8 Å². The molecule has 1 amide bonds. The number of hydrogen-bond acceptors (Lipinski definition) is 5. The lowest BCUT2D eigenvalue weighted by molar-refractivity contribution is -0.131. The minimum absolute atomic E-state index is 0.283. The average Bonchev–Trinajstić information content (AvgIpc) is 2.88. The van der Waals surface area contributed by atoms with Crippen molar-refractivity contribution in [3.63, 3.8) is 0 Å². The van der Waals surface area contributed by atoms with E-state index in [-0.39, 0.29) is 6.04 Å². The molecule has 3 aromatic carbocycles. The number of carboxylic acids is 1. The zero-order chi connectivity index (χ0) is 28.7. The predicted octanol–water partition coefficient (Wildman–Crippen LogP) is 5.23. The van der Waals surface area contributed by atoms with Crippen molar-refractivity contribution in [3.8, 4) is 0 Å². The highest BCUT2D eigenvalue weighted by Crippen LogP contribution is 2.14. The maximum absolute atomic E-state index is 12.3. The molecule has 39 heavy (non-hydrogen) atoms. The number of ether oxygens (including phenoxy) is 1. The van der Waals surface area contributed by atoms with Gasteiger partial charge < -0.3 is 26.0 Å². The molecule has 7 nitrogen and oxygen atoms in total. The monoisotopic (exact) mass is 532 g/mol. The van der Waals surface area contributed by atoms with Crippen LogP contribution in [0.5, 0.6) is 0 Å². The van der Waals surface area contributed by atoms with Gasteiger partial charge in [0, 0.05) is 18.2 Å². The first-order chi connectivity index (χ1) is 18.5. The van der Waals surface area contributed by atoms with Gasteiger partial charge in [-0.1, -0.05) is 91.0 Å². The van der Waals surface area contributed by atoms with Crippen molar-refractivity contribution in [3.05, 3.63) is 114 Å². The Morgan fingerprint density at radius 3 is 1.85 bits per heavy atom. The fourth-order valence-electron chi connectivity index (χ4n) is 3.79. The van der Waals surface area contributed by atoms with Crippen molar-refractivity contribution >= 4 is 18.1 Å². The van der Waals surface area contributed by atoms with Gasteiger partial charge in [0.2, 0.25) is 0 Å². The summed E-state index contributed by atoms with van der Waals surface area (Å²) >= 11 is 0. The number of hydrogen-bond donors (Lipinski definition) is 4. The van der Waals surface area contributed by atoms with Gasteiger partial charge in [0.15, 0.2) is 0 Å². The Morgan fingerprint density at radius 2 is 1.36 bits per heavy atom. The van der Waals surface area contributed by atoms with E-state index in [1.807, 2.05) is 112 Å². The molecule has 0 bridgehead atoms. The van der Waals surface area contributed by atoms with Crippen molar-refractivity contribution in [1.82, 2.24) is 5.32 Å². The molecule has 3 atom stereocenters. The lowest BCUT2D eigenvalue weighted by Gasteiger charge is -2.27. The molecule has 3 aromatic rings. The Labute approximate surface area is 231 Å². The third-order valence-electron chi connectivity index (χ3n) is 5.60. The maximum atomic E-state index is 12.3. The van der Waals surface area contributed by atoms with Crippen LogP contribution < -0.4 is 11.1 Å². The Balaban J connectivity index is 0.000000404. The molecule has 0 saturated carbocycles. The van der Waals surface area contributed by atoms with Crippen LogP contribution in [-0.4, -0.2) is 46.1 Å². The summed E-state index contributed by atoms with van der Waals surface area (Å²) in [6, 6.07) is 28.3. The number of aliphatic hydroxyl groups excluding tert-OH is 1. The first kappa shape index (κ1) is 31.3. The first-order valence-corrected chi connectivity index (χ1v) is 13.0. The molecule has 0 aliphatic heterocycles. The van der Waals surface area contributed by atoms with Crippen LogP contribution in [0.1, 0.15) is 43.9 Å². The van der Waals surface area contributed by atoms with Gasteiger partial charge >= 0.3 is 12.1 Å². The summed E-state index contributed by atoms with van der Waals surface area (Å²) in [5.74, 6) is -0.922. The normalized spacial score (nSPS) is 13.5. The molecule has 3 rings (SSSR count). The molecule has 0 spiro atoms. The van der Waals surface area contributed by atoms with E-state index >= 15 is 0 Å². The summed E-state index contributed by atoms with van der Waals surface area (Å²) in [5, 5.41) is 21.8. The topological polar surface area (TPSA) is 122 Å². The number of carbonyl (C=O) groups excluding carboxylic acids is 1. The molecule has 7 heteroatoms. The number of carbonyl (C=O) groups is 2. The van der Waals surface area contributed by atoms with Gasteiger partial charge in [0.25, 0.3) is 0 Å². The third kappa shape index (κ3) is 14.0. The Hall–Kier alpha value is -3.94. The highest BCUT2D eigenvalue weighted by molar-refractivity contribution is 5.85. The molecule has 208 valence electrons. The summed E-state index contributed by atoms with van der Waals surface area (Å²) in [5.41, 5.74) is 8.70. The van der Waals surface area contributed by atoms with Crippen molar-refractivity contribution in [1.29, 1.82) is 0 Å². The molecule has 0 saturated heterocycles. The van der Waals surface area contributed by atoms with Gasteiger partial charge in [-0.2, -0.15) is 0 Å². The van der Waals surface area contributed by atoms with E-state index in [1.165, 1.54) is 0 Å². The van der Waals surface area contributed by atoms with Crippen molar-refractivity contribution in [2.24, 2.45) is 5.73 Å². The maximum Gasteiger partial charge on any atom is 0.407 e. The summed E-state index contributed by atoms with van der Waals surface area (Å²) in [4.78, 5) is 22.3. The minimum atomic E-state index is -0.922. The number of nitrogens with two attached hydrogens (primary N) is 1. The molecular formula is C32H40N2O5. The molecular weight excluding hydrogens is 492 g/mol. The van der Waals surface area contributed by atoms with Crippen LogP contribution in [0.25, 0.3) is 6.08 Å². The van der Waals surface area contributed by atoms with Gasteiger partial charge in [-0.25, -0.2) is 9.59 Å². The minimum Gasteiger partial charge on any atom is -0.478 e. The van der Waals surface area contributed by atoms with Crippen LogP contribution in [0.3, 0.4) is 0 Å². The lowest BCUT2D eigenvalue weighted by atomic mass is 9.94. The van der Waals surface area contributed by atoms with Gasteiger partial charge in [-0.15, -0.1) is 0 Å². The Kier molecular flexibility index (Phi) is 12.9. The van der Waals surface area contributed by atoms with E-state index in [0.29, 0.717) is 19.3 Å². The number of amides is 1. The zero-order valence-electron chi connectivity index (χ0n) is 22.9. The molecule has 0 aromatic heterocycles. The zero-order valence-corrected chi connectivity index (χ0v) is 22.9. The molecule has 0 heterocycles. The molecule has 0 fully saturated rings. The predicted molar refractivity (Wildman–Crippen MR) is 155 cm³/mol. The van der Waals surface area contributed by atoms with E-state index in [4.69, 9.17) is 15.6 Å². The second kappa shape index (κ2) is 16.1. The Bertz CT molecular complexity index is 1150.